The summed E-state index contributed by atoms with van der Waals surface area (Å²) in [5.74, 6) is 2.39. The number of thioether (sulfide) groups is 1. The van der Waals surface area contributed by atoms with Crippen LogP contribution >= 0.6 is 11.8 Å². The molecule has 0 bridgehead atoms. The molecule has 1 saturated carbocycles. The third kappa shape index (κ3) is 3.44. The van der Waals surface area contributed by atoms with Gasteiger partial charge in [-0.2, -0.15) is 4.98 Å². The lowest BCUT2D eigenvalue weighted by Crippen LogP contribution is -2.10. The molecule has 1 heterocycles. The molecule has 1 aromatic carbocycles. The number of rotatable bonds is 6. The molecule has 2 N–H and O–H groups in total. The maximum atomic E-state index is 11.2. The Morgan fingerprint density at radius 3 is 3.05 bits per heavy atom. The fourth-order valence-electron chi connectivity index (χ4n) is 2.03. The number of nitrogens with two attached hydrogens (primary N) is 1. The van der Waals surface area contributed by atoms with E-state index in [-0.39, 0.29) is 5.25 Å². The molecule has 0 radical (unpaired) electrons. The van der Waals surface area contributed by atoms with E-state index in [1.807, 2.05) is 25.1 Å². The summed E-state index contributed by atoms with van der Waals surface area (Å²) in [7, 11) is 0. The molecule has 1 aromatic heterocycles. The van der Waals surface area contributed by atoms with Crippen LogP contribution in [-0.2, 0) is 5.75 Å². The highest BCUT2D eigenvalue weighted by Gasteiger charge is 2.29. The molecule has 0 spiro atoms. The minimum Gasteiger partial charge on any atom is -0.366 e. The smallest absolute Gasteiger partial charge is 0.248 e. The summed E-state index contributed by atoms with van der Waals surface area (Å²) in [5.41, 5.74) is 6.88. The van der Waals surface area contributed by atoms with Gasteiger partial charge in [-0.1, -0.05) is 17.3 Å². The zero-order valence-corrected chi connectivity index (χ0v) is 12.6. The van der Waals surface area contributed by atoms with Crippen LogP contribution in [0.2, 0.25) is 0 Å². The van der Waals surface area contributed by atoms with Crippen LogP contribution in [0.3, 0.4) is 0 Å². The minimum absolute atomic E-state index is 0.127. The summed E-state index contributed by atoms with van der Waals surface area (Å²) >= 11 is 1.70. The zero-order chi connectivity index (χ0) is 14.8. The van der Waals surface area contributed by atoms with Gasteiger partial charge in [0.2, 0.25) is 11.8 Å². The van der Waals surface area contributed by atoms with E-state index >= 15 is 0 Å². The molecule has 21 heavy (non-hydrogen) atoms. The van der Waals surface area contributed by atoms with Gasteiger partial charge in [0.1, 0.15) is 0 Å². The van der Waals surface area contributed by atoms with Crippen LogP contribution in [0.15, 0.2) is 28.8 Å². The molecule has 0 aliphatic heterocycles. The van der Waals surface area contributed by atoms with E-state index in [4.69, 9.17) is 10.3 Å². The van der Waals surface area contributed by atoms with Gasteiger partial charge in [0.25, 0.3) is 0 Å². The first-order valence-electron chi connectivity index (χ1n) is 6.97. The molecule has 3 rings (SSSR count). The second kappa shape index (κ2) is 5.89. The van der Waals surface area contributed by atoms with Gasteiger partial charge < -0.3 is 10.3 Å². The van der Waals surface area contributed by atoms with Crippen LogP contribution in [0.1, 0.15) is 58.6 Å². The number of carbonyl (C=O) groups is 1. The second-order valence-corrected chi connectivity index (χ2v) is 6.61. The Balaban J connectivity index is 1.60. The van der Waals surface area contributed by atoms with E-state index in [9.17, 15) is 4.79 Å². The molecule has 110 valence electrons. The van der Waals surface area contributed by atoms with Crippen molar-refractivity contribution in [2.75, 3.05) is 0 Å². The van der Waals surface area contributed by atoms with E-state index in [1.54, 1.807) is 17.8 Å². The number of nitrogens with zero attached hydrogens (tertiary/aromatic N) is 2. The molecule has 5 nitrogen and oxygen atoms in total. The molecule has 2 aromatic rings. The van der Waals surface area contributed by atoms with Gasteiger partial charge in [-0.15, -0.1) is 11.8 Å². The van der Waals surface area contributed by atoms with Crippen molar-refractivity contribution >= 4 is 17.7 Å². The quantitative estimate of drug-likeness (QED) is 0.887. The lowest BCUT2D eigenvalue weighted by atomic mass is 10.1. The SMILES string of the molecule is CC(SCc1cccc(C(N)=O)c1)c1nc(C2CC2)no1. The summed E-state index contributed by atoms with van der Waals surface area (Å²) in [6.07, 6.45) is 2.33. The Morgan fingerprint density at radius 2 is 2.33 bits per heavy atom. The van der Waals surface area contributed by atoms with Gasteiger partial charge in [0.05, 0.1) is 5.25 Å². The molecular formula is C15H17N3O2S. The molecule has 1 aliphatic carbocycles. The van der Waals surface area contributed by atoms with Crippen LogP contribution in [0, 0.1) is 0 Å². The first-order chi connectivity index (χ1) is 10.1. The number of carbonyl (C=O) groups excluding carboxylic acids is 1. The molecule has 1 atom stereocenters. The topological polar surface area (TPSA) is 82.0 Å². The number of amides is 1. The van der Waals surface area contributed by atoms with Gasteiger partial charge in [0, 0.05) is 17.2 Å². The third-order valence-corrected chi connectivity index (χ3v) is 4.66. The molecule has 1 aliphatic rings. The van der Waals surface area contributed by atoms with Crippen molar-refractivity contribution in [1.29, 1.82) is 0 Å². The molecular weight excluding hydrogens is 286 g/mol. The maximum absolute atomic E-state index is 11.2. The van der Waals surface area contributed by atoms with Crippen LogP contribution < -0.4 is 5.73 Å². The van der Waals surface area contributed by atoms with Gasteiger partial charge in [-0.3, -0.25) is 4.79 Å². The number of aromatic nitrogens is 2. The van der Waals surface area contributed by atoms with Crippen molar-refractivity contribution < 1.29 is 9.32 Å². The molecule has 6 heteroatoms. The largest absolute Gasteiger partial charge is 0.366 e. The van der Waals surface area contributed by atoms with Crippen LogP contribution in [0.25, 0.3) is 0 Å². The Hall–Kier alpha value is -1.82. The Labute approximate surface area is 127 Å². The second-order valence-electron chi connectivity index (χ2n) is 5.28. The summed E-state index contributed by atoms with van der Waals surface area (Å²) in [4.78, 5) is 15.6. The lowest BCUT2D eigenvalue weighted by Gasteiger charge is -2.07. The van der Waals surface area contributed by atoms with E-state index in [0.29, 0.717) is 17.4 Å². The van der Waals surface area contributed by atoms with Crippen LogP contribution in [0.4, 0.5) is 0 Å². The number of benzene rings is 1. The van der Waals surface area contributed by atoms with Gasteiger partial charge >= 0.3 is 0 Å². The van der Waals surface area contributed by atoms with Crippen molar-refractivity contribution in [3.05, 3.63) is 47.1 Å². The van der Waals surface area contributed by atoms with Gasteiger partial charge in [-0.25, -0.2) is 0 Å². The average molecular weight is 303 g/mol. The maximum Gasteiger partial charge on any atom is 0.248 e. The summed E-state index contributed by atoms with van der Waals surface area (Å²) in [6, 6.07) is 7.37. The predicted molar refractivity (Wildman–Crippen MR) is 80.9 cm³/mol. The van der Waals surface area contributed by atoms with Crippen molar-refractivity contribution in [2.45, 2.75) is 36.7 Å². The van der Waals surface area contributed by atoms with Crippen molar-refractivity contribution in [3.63, 3.8) is 0 Å². The highest BCUT2D eigenvalue weighted by molar-refractivity contribution is 7.98. The van der Waals surface area contributed by atoms with E-state index in [2.05, 4.69) is 10.1 Å². The van der Waals surface area contributed by atoms with Crippen molar-refractivity contribution in [2.24, 2.45) is 5.73 Å². The molecule has 1 amide bonds. The summed E-state index contributed by atoms with van der Waals surface area (Å²) in [6.45, 7) is 2.05. The fourth-order valence-corrected chi connectivity index (χ4v) is 2.89. The number of hydrogen-bond donors (Lipinski definition) is 1. The monoisotopic (exact) mass is 303 g/mol. The number of primary amides is 1. The molecule has 1 fully saturated rings. The first-order valence-corrected chi connectivity index (χ1v) is 8.02. The Bertz CT molecular complexity index is 652. The molecule has 0 saturated heterocycles. The lowest BCUT2D eigenvalue weighted by molar-refractivity contribution is 0.1000. The predicted octanol–water partition coefficient (Wildman–Crippen LogP) is 3.04. The zero-order valence-electron chi connectivity index (χ0n) is 11.8. The number of hydrogen-bond acceptors (Lipinski definition) is 5. The first kappa shape index (κ1) is 14.1. The third-order valence-electron chi connectivity index (χ3n) is 3.46. The van der Waals surface area contributed by atoms with Crippen molar-refractivity contribution in [3.8, 4) is 0 Å². The Morgan fingerprint density at radius 1 is 1.52 bits per heavy atom. The highest BCUT2D eigenvalue weighted by atomic mass is 32.2. The highest BCUT2D eigenvalue weighted by Crippen LogP contribution is 2.39. The minimum atomic E-state index is -0.402. The standard InChI is InChI=1S/C15H17N3O2S/c1-9(15-17-14(18-20-15)11-5-6-11)21-8-10-3-2-4-12(7-10)13(16)19/h2-4,7,9,11H,5-6,8H2,1H3,(H2,16,19). The summed E-state index contributed by atoms with van der Waals surface area (Å²) < 4.78 is 5.32. The average Bonchev–Trinajstić information content (AvgIpc) is 3.22. The van der Waals surface area contributed by atoms with Gasteiger partial charge in [0.15, 0.2) is 5.82 Å². The van der Waals surface area contributed by atoms with E-state index < -0.39 is 5.91 Å². The Kier molecular flexibility index (Phi) is 3.96. The summed E-state index contributed by atoms with van der Waals surface area (Å²) in [5, 5.41) is 4.16. The normalized spacial score (nSPS) is 15.9. The van der Waals surface area contributed by atoms with Crippen LogP contribution in [0.5, 0.6) is 0 Å². The van der Waals surface area contributed by atoms with Crippen molar-refractivity contribution in [1.82, 2.24) is 10.1 Å². The molecule has 1 unspecified atom stereocenters. The van der Waals surface area contributed by atoms with E-state index in [0.717, 1.165) is 17.1 Å². The van der Waals surface area contributed by atoms with Crippen LogP contribution in [-0.4, -0.2) is 16.0 Å². The fraction of sp³-hybridized carbons (Fsp3) is 0.400. The van der Waals surface area contributed by atoms with Gasteiger partial charge in [-0.05, 0) is 37.5 Å². The van der Waals surface area contributed by atoms with E-state index in [1.165, 1.54) is 12.8 Å².